The highest BCUT2D eigenvalue weighted by atomic mass is 35.5. The zero-order valence-corrected chi connectivity index (χ0v) is 9.39. The Balaban J connectivity index is 1.87. The number of hydrogen-bond acceptors (Lipinski definition) is 3. The average Bonchev–Trinajstić information content (AvgIpc) is 2.33. The van der Waals surface area contributed by atoms with E-state index in [4.69, 9.17) is 16.3 Å². The summed E-state index contributed by atoms with van der Waals surface area (Å²) in [5.41, 5.74) is 1.22. The van der Waals surface area contributed by atoms with Gasteiger partial charge >= 0.3 is 0 Å². The zero-order valence-electron chi connectivity index (χ0n) is 8.64. The number of aromatic nitrogens is 2. The summed E-state index contributed by atoms with van der Waals surface area (Å²) in [6.45, 7) is 0.544. The lowest BCUT2D eigenvalue weighted by Crippen LogP contribution is -2.03. The van der Waals surface area contributed by atoms with Gasteiger partial charge in [-0.2, -0.15) is 0 Å². The first-order valence-electron chi connectivity index (χ1n) is 4.99. The Morgan fingerprint density at radius 3 is 2.56 bits per heavy atom. The Morgan fingerprint density at radius 1 is 1.06 bits per heavy atom. The van der Waals surface area contributed by atoms with Crippen molar-refractivity contribution in [1.82, 2.24) is 9.97 Å². The normalized spacial score (nSPS) is 10.1. The fourth-order valence-electron chi connectivity index (χ4n) is 1.32. The van der Waals surface area contributed by atoms with E-state index < -0.39 is 0 Å². The number of ether oxygens (including phenoxy) is 1. The maximum absolute atomic E-state index is 5.81. The van der Waals surface area contributed by atoms with Gasteiger partial charge in [0.1, 0.15) is 0 Å². The van der Waals surface area contributed by atoms with Crippen molar-refractivity contribution in [3.05, 3.63) is 53.4 Å². The molecule has 1 aromatic heterocycles. The van der Waals surface area contributed by atoms with E-state index in [2.05, 4.69) is 22.1 Å². The third kappa shape index (κ3) is 2.94. The third-order valence-electron chi connectivity index (χ3n) is 2.10. The van der Waals surface area contributed by atoms with Gasteiger partial charge in [0.15, 0.2) is 5.15 Å². The van der Waals surface area contributed by atoms with E-state index >= 15 is 0 Å². The molecule has 1 heterocycles. The van der Waals surface area contributed by atoms with Crippen molar-refractivity contribution in [2.24, 2.45) is 0 Å². The molecule has 16 heavy (non-hydrogen) atoms. The second-order valence-corrected chi connectivity index (χ2v) is 3.59. The van der Waals surface area contributed by atoms with Crippen molar-refractivity contribution in [3.63, 3.8) is 0 Å². The molecule has 1 aromatic carbocycles. The minimum Gasteiger partial charge on any atom is -0.475 e. The van der Waals surface area contributed by atoms with Crippen LogP contribution in [-0.4, -0.2) is 16.6 Å². The lowest BCUT2D eigenvalue weighted by atomic mass is 10.2. The Labute approximate surface area is 99.1 Å². The van der Waals surface area contributed by atoms with Crippen molar-refractivity contribution in [1.29, 1.82) is 0 Å². The van der Waals surface area contributed by atoms with Crippen molar-refractivity contribution in [2.75, 3.05) is 6.61 Å². The first kappa shape index (κ1) is 10.9. The standard InChI is InChI=1S/C12H11ClN2O/c13-11-12(15-8-7-14-11)16-9-6-10-4-2-1-3-5-10/h1-5,7-8H,6,9H2. The summed E-state index contributed by atoms with van der Waals surface area (Å²) in [5.74, 6) is 0.389. The van der Waals surface area contributed by atoms with Gasteiger partial charge in [-0.05, 0) is 5.56 Å². The predicted molar refractivity (Wildman–Crippen MR) is 62.7 cm³/mol. The Hall–Kier alpha value is -1.61. The van der Waals surface area contributed by atoms with Gasteiger partial charge in [-0.25, -0.2) is 9.97 Å². The van der Waals surface area contributed by atoms with Gasteiger partial charge in [0.25, 0.3) is 5.88 Å². The van der Waals surface area contributed by atoms with Gasteiger partial charge in [-0.15, -0.1) is 0 Å². The van der Waals surface area contributed by atoms with E-state index in [1.165, 1.54) is 11.8 Å². The van der Waals surface area contributed by atoms with Crippen LogP contribution in [0.3, 0.4) is 0 Å². The summed E-state index contributed by atoms with van der Waals surface area (Å²) in [5, 5.41) is 0.301. The summed E-state index contributed by atoms with van der Waals surface area (Å²) in [6, 6.07) is 10.1. The van der Waals surface area contributed by atoms with Gasteiger partial charge in [0, 0.05) is 18.8 Å². The molecule has 0 aliphatic heterocycles. The quantitative estimate of drug-likeness (QED) is 0.816. The molecule has 82 valence electrons. The molecule has 4 heteroatoms. The van der Waals surface area contributed by atoms with Crippen LogP contribution >= 0.6 is 11.6 Å². The highest BCUT2D eigenvalue weighted by Crippen LogP contribution is 2.16. The molecule has 0 spiro atoms. The molecule has 0 N–H and O–H groups in total. The van der Waals surface area contributed by atoms with Crippen molar-refractivity contribution in [3.8, 4) is 5.88 Å². The van der Waals surface area contributed by atoms with Gasteiger partial charge in [0.05, 0.1) is 6.61 Å². The molecule has 0 aliphatic carbocycles. The largest absolute Gasteiger partial charge is 0.475 e. The van der Waals surface area contributed by atoms with Crippen molar-refractivity contribution in [2.45, 2.75) is 6.42 Å². The zero-order chi connectivity index (χ0) is 11.2. The molecule has 0 saturated heterocycles. The first-order valence-corrected chi connectivity index (χ1v) is 5.37. The Morgan fingerprint density at radius 2 is 1.81 bits per heavy atom. The van der Waals surface area contributed by atoms with Crippen LogP contribution in [0.1, 0.15) is 5.56 Å². The first-order chi connectivity index (χ1) is 7.86. The summed E-state index contributed by atoms with van der Waals surface area (Å²) in [6.07, 6.45) is 3.92. The van der Waals surface area contributed by atoms with Crippen LogP contribution in [0, 0.1) is 0 Å². The lowest BCUT2D eigenvalue weighted by Gasteiger charge is -2.05. The van der Waals surface area contributed by atoms with Crippen molar-refractivity contribution >= 4 is 11.6 Å². The fraction of sp³-hybridized carbons (Fsp3) is 0.167. The van der Waals surface area contributed by atoms with Crippen LogP contribution in [0.2, 0.25) is 5.15 Å². The van der Waals surface area contributed by atoms with Crippen LogP contribution in [-0.2, 0) is 6.42 Å². The molecule has 0 amide bonds. The number of hydrogen-bond donors (Lipinski definition) is 0. The van der Waals surface area contributed by atoms with Crippen LogP contribution in [0.15, 0.2) is 42.7 Å². The molecule has 3 nitrogen and oxygen atoms in total. The molecule has 2 aromatic rings. The topological polar surface area (TPSA) is 35.0 Å². The molecule has 2 rings (SSSR count). The number of halogens is 1. The monoisotopic (exact) mass is 234 g/mol. The number of benzene rings is 1. The smallest absolute Gasteiger partial charge is 0.252 e. The molecule has 0 aliphatic rings. The average molecular weight is 235 g/mol. The van der Waals surface area contributed by atoms with Crippen LogP contribution in [0.25, 0.3) is 0 Å². The fourth-order valence-corrected chi connectivity index (χ4v) is 1.48. The minimum atomic E-state index is 0.301. The third-order valence-corrected chi connectivity index (χ3v) is 2.35. The summed E-state index contributed by atoms with van der Waals surface area (Å²) < 4.78 is 5.44. The van der Waals surface area contributed by atoms with Crippen LogP contribution in [0.4, 0.5) is 0 Å². The number of rotatable bonds is 4. The summed E-state index contributed by atoms with van der Waals surface area (Å²) in [4.78, 5) is 7.88. The van der Waals surface area contributed by atoms with E-state index in [-0.39, 0.29) is 0 Å². The Bertz CT molecular complexity index is 448. The van der Waals surface area contributed by atoms with Crippen LogP contribution in [0.5, 0.6) is 5.88 Å². The molecule has 0 atom stereocenters. The number of nitrogens with zero attached hydrogens (tertiary/aromatic N) is 2. The van der Waals surface area contributed by atoms with Crippen LogP contribution < -0.4 is 4.74 Å². The summed E-state index contributed by atoms with van der Waals surface area (Å²) >= 11 is 5.81. The molecular weight excluding hydrogens is 224 g/mol. The van der Waals surface area contributed by atoms with Crippen molar-refractivity contribution < 1.29 is 4.74 Å². The van der Waals surface area contributed by atoms with Gasteiger partial charge in [0.2, 0.25) is 0 Å². The van der Waals surface area contributed by atoms with E-state index in [9.17, 15) is 0 Å². The van der Waals surface area contributed by atoms with E-state index in [1.54, 1.807) is 6.20 Å². The lowest BCUT2D eigenvalue weighted by molar-refractivity contribution is 0.308. The van der Waals surface area contributed by atoms with Gasteiger partial charge < -0.3 is 4.74 Å². The second kappa shape index (κ2) is 5.47. The SMILES string of the molecule is Clc1nccnc1OCCc1ccccc1. The second-order valence-electron chi connectivity index (χ2n) is 3.24. The van der Waals surface area contributed by atoms with E-state index in [1.807, 2.05) is 18.2 Å². The van der Waals surface area contributed by atoms with E-state index in [0.717, 1.165) is 6.42 Å². The van der Waals surface area contributed by atoms with E-state index in [0.29, 0.717) is 17.6 Å². The highest BCUT2D eigenvalue weighted by molar-refractivity contribution is 6.30. The maximum atomic E-state index is 5.81. The van der Waals surface area contributed by atoms with Gasteiger partial charge in [-0.3, -0.25) is 0 Å². The predicted octanol–water partition coefficient (Wildman–Crippen LogP) is 2.75. The van der Waals surface area contributed by atoms with Gasteiger partial charge in [-0.1, -0.05) is 41.9 Å². The maximum Gasteiger partial charge on any atom is 0.252 e. The summed E-state index contributed by atoms with van der Waals surface area (Å²) in [7, 11) is 0. The highest BCUT2D eigenvalue weighted by Gasteiger charge is 2.02. The molecule has 0 saturated carbocycles. The Kier molecular flexibility index (Phi) is 3.72. The molecule has 0 bridgehead atoms. The molecule has 0 fully saturated rings. The molecule has 0 radical (unpaired) electrons. The minimum absolute atomic E-state index is 0.301. The molecular formula is C12H11ClN2O. The molecule has 0 unspecified atom stereocenters.